The molecule has 3 rings (SSSR count). The predicted molar refractivity (Wildman–Crippen MR) is 96.1 cm³/mol. The van der Waals surface area contributed by atoms with E-state index in [0.29, 0.717) is 17.2 Å². The second-order valence-electron chi connectivity index (χ2n) is 5.95. The number of nitrogens with one attached hydrogen (secondary N) is 1. The third-order valence-electron chi connectivity index (χ3n) is 4.13. The smallest absolute Gasteiger partial charge is 0.341 e. The number of nitrogens with zero attached hydrogens (tertiary/aromatic N) is 2. The highest BCUT2D eigenvalue weighted by atomic mass is 32.1. The summed E-state index contributed by atoms with van der Waals surface area (Å²) in [6.07, 6.45) is 10.1. The summed E-state index contributed by atoms with van der Waals surface area (Å²) in [6.45, 7) is 2.45. The van der Waals surface area contributed by atoms with Crippen molar-refractivity contribution in [2.24, 2.45) is 0 Å². The number of esters is 1. The minimum absolute atomic E-state index is 0.221. The molecule has 0 radical (unpaired) electrons. The van der Waals surface area contributed by atoms with E-state index in [9.17, 15) is 9.59 Å². The summed E-state index contributed by atoms with van der Waals surface area (Å²) in [6, 6.07) is 0. The number of hydrogen-bond donors (Lipinski definition) is 1. The second-order valence-corrected chi connectivity index (χ2v) is 7.05. The molecule has 25 heavy (non-hydrogen) atoms. The molecule has 1 aliphatic rings. The highest BCUT2D eigenvalue weighted by Crippen LogP contribution is 2.38. The van der Waals surface area contributed by atoms with Gasteiger partial charge in [-0.1, -0.05) is 13.3 Å². The molecule has 2 aromatic heterocycles. The molecule has 0 aliphatic heterocycles. The van der Waals surface area contributed by atoms with Crippen LogP contribution >= 0.6 is 11.3 Å². The van der Waals surface area contributed by atoms with Gasteiger partial charge >= 0.3 is 5.97 Å². The van der Waals surface area contributed by atoms with E-state index in [2.05, 4.69) is 15.3 Å². The third kappa shape index (κ3) is 4.04. The summed E-state index contributed by atoms with van der Waals surface area (Å²) in [7, 11) is 0. The Morgan fingerprint density at radius 2 is 2.12 bits per heavy atom. The Morgan fingerprint density at radius 3 is 2.88 bits per heavy atom. The van der Waals surface area contributed by atoms with Crippen molar-refractivity contribution in [3.8, 4) is 0 Å². The van der Waals surface area contributed by atoms with E-state index in [-0.39, 0.29) is 17.6 Å². The number of anilines is 1. The van der Waals surface area contributed by atoms with Crippen molar-refractivity contribution in [2.45, 2.75) is 45.4 Å². The third-order valence-corrected chi connectivity index (χ3v) is 5.34. The lowest BCUT2D eigenvalue weighted by atomic mass is 9.95. The lowest BCUT2D eigenvalue weighted by Crippen LogP contribution is -2.17. The summed E-state index contributed by atoms with van der Waals surface area (Å²) in [5.74, 6) is -0.711. The summed E-state index contributed by atoms with van der Waals surface area (Å²) >= 11 is 1.47. The van der Waals surface area contributed by atoms with E-state index in [1.54, 1.807) is 0 Å². The van der Waals surface area contributed by atoms with Crippen molar-refractivity contribution in [1.29, 1.82) is 0 Å². The van der Waals surface area contributed by atoms with E-state index in [1.807, 2.05) is 6.92 Å². The number of aryl methyl sites for hydroxylation is 1. The fourth-order valence-electron chi connectivity index (χ4n) is 2.83. The molecule has 0 saturated heterocycles. The maximum Gasteiger partial charge on any atom is 0.341 e. The SMILES string of the molecule is CCCCOC(=O)c1c(NC(=O)c2cnccn2)sc2c1CCCC2. The first-order valence-electron chi connectivity index (χ1n) is 8.59. The van der Waals surface area contributed by atoms with Crippen molar-refractivity contribution in [3.05, 3.63) is 40.3 Å². The molecule has 2 heterocycles. The Balaban J connectivity index is 1.86. The summed E-state index contributed by atoms with van der Waals surface area (Å²) < 4.78 is 5.41. The molecule has 6 nitrogen and oxygen atoms in total. The highest BCUT2D eigenvalue weighted by molar-refractivity contribution is 7.17. The van der Waals surface area contributed by atoms with Crippen LogP contribution in [0.3, 0.4) is 0 Å². The van der Waals surface area contributed by atoms with Gasteiger partial charge in [0, 0.05) is 17.3 Å². The Morgan fingerprint density at radius 1 is 1.28 bits per heavy atom. The van der Waals surface area contributed by atoms with Gasteiger partial charge in [0.2, 0.25) is 0 Å². The minimum atomic E-state index is -0.366. The number of carbonyl (C=O) groups excluding carboxylic acids is 2. The molecule has 0 unspecified atom stereocenters. The molecule has 1 aliphatic carbocycles. The lowest BCUT2D eigenvalue weighted by Gasteiger charge is -2.12. The van der Waals surface area contributed by atoms with Gasteiger partial charge in [-0.3, -0.25) is 9.78 Å². The van der Waals surface area contributed by atoms with Gasteiger partial charge in [-0.15, -0.1) is 11.3 Å². The number of thiophene rings is 1. The standard InChI is InChI=1S/C18H21N3O3S/c1-2-3-10-24-18(23)15-12-6-4-5-7-14(12)25-17(15)21-16(22)13-11-19-8-9-20-13/h8-9,11H,2-7,10H2,1H3,(H,21,22). The zero-order valence-corrected chi connectivity index (χ0v) is 15.0. The van der Waals surface area contributed by atoms with Crippen LogP contribution in [0, 0.1) is 0 Å². The largest absolute Gasteiger partial charge is 0.462 e. The summed E-state index contributed by atoms with van der Waals surface area (Å²) in [4.78, 5) is 34.1. The molecule has 0 spiro atoms. The van der Waals surface area contributed by atoms with Crippen molar-refractivity contribution >= 4 is 28.2 Å². The number of amides is 1. The molecule has 132 valence electrons. The monoisotopic (exact) mass is 359 g/mol. The van der Waals surface area contributed by atoms with Crippen molar-refractivity contribution < 1.29 is 14.3 Å². The quantitative estimate of drug-likeness (QED) is 0.629. The summed E-state index contributed by atoms with van der Waals surface area (Å²) in [5.41, 5.74) is 1.78. The van der Waals surface area contributed by atoms with Gasteiger partial charge in [0.05, 0.1) is 18.4 Å². The van der Waals surface area contributed by atoms with Gasteiger partial charge in [0.25, 0.3) is 5.91 Å². The van der Waals surface area contributed by atoms with Gasteiger partial charge in [0.1, 0.15) is 10.7 Å². The Kier molecular flexibility index (Phi) is 5.75. The molecule has 1 amide bonds. The summed E-state index contributed by atoms with van der Waals surface area (Å²) in [5, 5.41) is 3.39. The van der Waals surface area contributed by atoms with E-state index in [4.69, 9.17) is 4.74 Å². The number of unbranched alkanes of at least 4 members (excludes halogenated alkanes) is 1. The van der Waals surface area contributed by atoms with Gasteiger partial charge in [0.15, 0.2) is 0 Å². The van der Waals surface area contributed by atoms with Crippen molar-refractivity contribution in [2.75, 3.05) is 11.9 Å². The van der Waals surface area contributed by atoms with Crippen LogP contribution in [0.15, 0.2) is 18.6 Å². The van der Waals surface area contributed by atoms with Crippen LogP contribution in [0.2, 0.25) is 0 Å². The topological polar surface area (TPSA) is 81.2 Å². The van der Waals surface area contributed by atoms with E-state index in [0.717, 1.165) is 44.1 Å². The first-order valence-corrected chi connectivity index (χ1v) is 9.41. The van der Waals surface area contributed by atoms with Crippen LogP contribution in [0.4, 0.5) is 5.00 Å². The predicted octanol–water partition coefficient (Wildman–Crippen LogP) is 3.63. The molecule has 0 atom stereocenters. The number of hydrogen-bond acceptors (Lipinski definition) is 6. The Hall–Kier alpha value is -2.28. The van der Waals surface area contributed by atoms with Crippen molar-refractivity contribution in [1.82, 2.24) is 9.97 Å². The molecule has 2 aromatic rings. The first-order chi connectivity index (χ1) is 12.2. The van der Waals surface area contributed by atoms with Crippen LogP contribution in [0.25, 0.3) is 0 Å². The van der Waals surface area contributed by atoms with E-state index < -0.39 is 0 Å². The van der Waals surface area contributed by atoms with Gasteiger partial charge in [-0.25, -0.2) is 9.78 Å². The zero-order chi connectivity index (χ0) is 17.6. The molecule has 0 fully saturated rings. The van der Waals surface area contributed by atoms with Gasteiger partial charge < -0.3 is 10.1 Å². The van der Waals surface area contributed by atoms with Gasteiger partial charge in [-0.05, 0) is 37.7 Å². The first kappa shape index (κ1) is 17.5. The van der Waals surface area contributed by atoms with Crippen LogP contribution in [0.1, 0.15) is 63.9 Å². The van der Waals surface area contributed by atoms with E-state index in [1.165, 1.54) is 34.8 Å². The number of fused-ring (bicyclic) bond motifs is 1. The maximum absolute atomic E-state index is 12.6. The Bertz CT molecular complexity index is 758. The second kappa shape index (κ2) is 8.20. The van der Waals surface area contributed by atoms with Crippen LogP contribution in [0.5, 0.6) is 0 Å². The molecule has 7 heteroatoms. The average Bonchev–Trinajstić information content (AvgIpc) is 3.00. The number of rotatable bonds is 6. The molecule has 1 N–H and O–H groups in total. The highest BCUT2D eigenvalue weighted by Gasteiger charge is 2.27. The van der Waals surface area contributed by atoms with Crippen LogP contribution < -0.4 is 5.32 Å². The maximum atomic E-state index is 12.6. The minimum Gasteiger partial charge on any atom is -0.462 e. The number of ether oxygens (including phenoxy) is 1. The average molecular weight is 359 g/mol. The number of carbonyl (C=O) groups is 2. The molecule has 0 saturated carbocycles. The van der Waals surface area contributed by atoms with Crippen molar-refractivity contribution in [3.63, 3.8) is 0 Å². The zero-order valence-electron chi connectivity index (χ0n) is 14.2. The normalized spacial score (nSPS) is 13.2. The molecular formula is C18H21N3O3S. The fourth-order valence-corrected chi connectivity index (χ4v) is 4.11. The lowest BCUT2D eigenvalue weighted by molar-refractivity contribution is 0.0500. The van der Waals surface area contributed by atoms with E-state index >= 15 is 0 Å². The molecule has 0 aromatic carbocycles. The molecular weight excluding hydrogens is 338 g/mol. The Labute approximate surface area is 150 Å². The van der Waals surface area contributed by atoms with Crippen LogP contribution in [-0.2, 0) is 17.6 Å². The fraction of sp³-hybridized carbons (Fsp3) is 0.444. The van der Waals surface area contributed by atoms with Gasteiger partial charge in [-0.2, -0.15) is 0 Å². The van der Waals surface area contributed by atoms with Crippen LogP contribution in [-0.4, -0.2) is 28.5 Å². The molecule has 0 bridgehead atoms. The number of aromatic nitrogens is 2.